The molecular weight excluding hydrogens is 244 g/mol. The van der Waals surface area contributed by atoms with Crippen LogP contribution in [0.5, 0.6) is 0 Å². The van der Waals surface area contributed by atoms with Crippen LogP contribution in [0.15, 0.2) is 48.5 Å². The minimum Gasteiger partial charge on any atom is -0.384 e. The summed E-state index contributed by atoms with van der Waals surface area (Å²) in [5.74, 6) is 0.698. The van der Waals surface area contributed by atoms with E-state index in [-0.39, 0.29) is 0 Å². The second-order valence-corrected chi connectivity index (χ2v) is 5.28. The van der Waals surface area contributed by atoms with Crippen LogP contribution >= 0.6 is 11.6 Å². The lowest BCUT2D eigenvalue weighted by atomic mass is 9.98. The van der Waals surface area contributed by atoms with E-state index in [2.05, 4.69) is 12.1 Å². The number of hydrogen-bond acceptors (Lipinski definition) is 1. The SMILES string of the molecule is OC(c1cccc(C2CC2)c1)c1ccccc1Cl. The molecule has 2 heteroatoms. The summed E-state index contributed by atoms with van der Waals surface area (Å²) in [6, 6.07) is 15.7. The zero-order valence-corrected chi connectivity index (χ0v) is 10.8. The first-order valence-corrected chi connectivity index (χ1v) is 6.66. The van der Waals surface area contributed by atoms with Crippen LogP contribution in [-0.4, -0.2) is 5.11 Å². The lowest BCUT2D eigenvalue weighted by molar-refractivity contribution is 0.220. The van der Waals surface area contributed by atoms with Gasteiger partial charge in [-0.15, -0.1) is 0 Å². The molecule has 3 rings (SSSR count). The molecule has 1 unspecified atom stereocenters. The summed E-state index contributed by atoms with van der Waals surface area (Å²) in [4.78, 5) is 0. The molecule has 1 aliphatic carbocycles. The van der Waals surface area contributed by atoms with E-state index in [1.165, 1.54) is 18.4 Å². The fourth-order valence-electron chi connectivity index (χ4n) is 2.28. The molecule has 0 aromatic heterocycles. The van der Waals surface area contributed by atoms with E-state index in [0.29, 0.717) is 10.9 Å². The molecule has 0 amide bonds. The van der Waals surface area contributed by atoms with Gasteiger partial charge in [0, 0.05) is 10.6 Å². The van der Waals surface area contributed by atoms with Crippen LogP contribution in [0.4, 0.5) is 0 Å². The normalized spacial score (nSPS) is 16.6. The lowest BCUT2D eigenvalue weighted by Gasteiger charge is -2.14. The van der Waals surface area contributed by atoms with Crippen molar-refractivity contribution < 1.29 is 5.11 Å². The van der Waals surface area contributed by atoms with Gasteiger partial charge in [0.25, 0.3) is 0 Å². The Kier molecular flexibility index (Phi) is 3.11. The van der Waals surface area contributed by atoms with Crippen molar-refractivity contribution in [1.29, 1.82) is 0 Å². The number of rotatable bonds is 3. The predicted octanol–water partition coefficient (Wildman–Crippen LogP) is 4.30. The van der Waals surface area contributed by atoms with Gasteiger partial charge in [0.1, 0.15) is 6.10 Å². The standard InChI is InChI=1S/C16H15ClO/c17-15-7-2-1-6-14(15)16(18)13-5-3-4-12(10-13)11-8-9-11/h1-7,10-11,16,18H,8-9H2. The number of aliphatic hydroxyl groups excluding tert-OH is 1. The summed E-state index contributed by atoms with van der Waals surface area (Å²) in [5, 5.41) is 11.0. The van der Waals surface area contributed by atoms with Crippen molar-refractivity contribution in [3.05, 3.63) is 70.2 Å². The molecule has 92 valence electrons. The zero-order chi connectivity index (χ0) is 12.5. The van der Waals surface area contributed by atoms with E-state index < -0.39 is 6.10 Å². The quantitative estimate of drug-likeness (QED) is 0.870. The molecule has 0 bridgehead atoms. The van der Waals surface area contributed by atoms with Crippen molar-refractivity contribution in [3.8, 4) is 0 Å². The highest BCUT2D eigenvalue weighted by molar-refractivity contribution is 6.31. The van der Waals surface area contributed by atoms with Gasteiger partial charge >= 0.3 is 0 Å². The van der Waals surface area contributed by atoms with E-state index >= 15 is 0 Å². The first-order valence-electron chi connectivity index (χ1n) is 6.28. The van der Waals surface area contributed by atoms with Crippen LogP contribution in [0, 0.1) is 0 Å². The Labute approximate surface area is 112 Å². The number of aliphatic hydroxyl groups is 1. The van der Waals surface area contributed by atoms with Gasteiger partial charge in [0.15, 0.2) is 0 Å². The average Bonchev–Trinajstić information content (AvgIpc) is 3.23. The molecule has 1 N–H and O–H groups in total. The minimum atomic E-state index is -0.641. The van der Waals surface area contributed by atoms with Crippen molar-refractivity contribution in [2.75, 3.05) is 0 Å². The van der Waals surface area contributed by atoms with Crippen LogP contribution in [0.25, 0.3) is 0 Å². The molecule has 1 aliphatic rings. The van der Waals surface area contributed by atoms with Crippen LogP contribution in [-0.2, 0) is 0 Å². The number of hydrogen-bond donors (Lipinski definition) is 1. The Morgan fingerprint density at radius 1 is 1.06 bits per heavy atom. The molecule has 18 heavy (non-hydrogen) atoms. The highest BCUT2D eigenvalue weighted by atomic mass is 35.5. The van der Waals surface area contributed by atoms with Crippen LogP contribution in [0.3, 0.4) is 0 Å². The third-order valence-electron chi connectivity index (χ3n) is 3.47. The van der Waals surface area contributed by atoms with Crippen LogP contribution < -0.4 is 0 Å². The topological polar surface area (TPSA) is 20.2 Å². The van der Waals surface area contributed by atoms with E-state index in [4.69, 9.17) is 11.6 Å². The van der Waals surface area contributed by atoms with E-state index in [9.17, 15) is 5.11 Å². The zero-order valence-electron chi connectivity index (χ0n) is 10.0. The molecule has 0 heterocycles. The first kappa shape index (κ1) is 11.8. The number of benzene rings is 2. The van der Waals surface area contributed by atoms with E-state index in [1.807, 2.05) is 36.4 Å². The minimum absolute atomic E-state index is 0.613. The van der Waals surface area contributed by atoms with Gasteiger partial charge in [0.05, 0.1) is 0 Å². The molecule has 0 saturated heterocycles. The highest BCUT2D eigenvalue weighted by Gasteiger charge is 2.24. The summed E-state index contributed by atoms with van der Waals surface area (Å²) in [6.45, 7) is 0. The summed E-state index contributed by atoms with van der Waals surface area (Å²) in [7, 11) is 0. The van der Waals surface area contributed by atoms with Crippen molar-refractivity contribution in [2.24, 2.45) is 0 Å². The molecule has 2 aromatic carbocycles. The van der Waals surface area contributed by atoms with Crippen molar-refractivity contribution in [2.45, 2.75) is 24.9 Å². The van der Waals surface area contributed by atoms with E-state index in [0.717, 1.165) is 11.1 Å². The average molecular weight is 259 g/mol. The highest BCUT2D eigenvalue weighted by Crippen LogP contribution is 2.41. The molecular formula is C16H15ClO. The maximum absolute atomic E-state index is 10.4. The largest absolute Gasteiger partial charge is 0.384 e. The van der Waals surface area contributed by atoms with Crippen molar-refractivity contribution in [3.63, 3.8) is 0 Å². The van der Waals surface area contributed by atoms with Gasteiger partial charge in [0.2, 0.25) is 0 Å². The summed E-state index contributed by atoms with van der Waals surface area (Å²) in [6.07, 6.45) is 1.90. The van der Waals surface area contributed by atoms with E-state index in [1.54, 1.807) is 0 Å². The Balaban J connectivity index is 1.94. The van der Waals surface area contributed by atoms with Gasteiger partial charge in [-0.25, -0.2) is 0 Å². The third kappa shape index (κ3) is 2.29. The molecule has 1 fully saturated rings. The third-order valence-corrected chi connectivity index (χ3v) is 3.82. The van der Waals surface area contributed by atoms with Crippen molar-refractivity contribution >= 4 is 11.6 Å². The fourth-order valence-corrected chi connectivity index (χ4v) is 2.52. The summed E-state index contributed by atoms with van der Waals surface area (Å²) >= 11 is 6.12. The lowest BCUT2D eigenvalue weighted by Crippen LogP contribution is -2.01. The Bertz CT molecular complexity index is 561. The number of halogens is 1. The molecule has 1 nitrogen and oxygen atoms in total. The maximum Gasteiger partial charge on any atom is 0.105 e. The first-order chi connectivity index (χ1) is 8.75. The molecule has 1 atom stereocenters. The van der Waals surface area contributed by atoms with Gasteiger partial charge in [-0.1, -0.05) is 54.1 Å². The maximum atomic E-state index is 10.4. The second kappa shape index (κ2) is 4.75. The Morgan fingerprint density at radius 3 is 2.56 bits per heavy atom. The Morgan fingerprint density at radius 2 is 1.83 bits per heavy atom. The fraction of sp³-hybridized carbons (Fsp3) is 0.250. The van der Waals surface area contributed by atoms with Gasteiger partial charge in [-0.3, -0.25) is 0 Å². The van der Waals surface area contributed by atoms with Crippen LogP contribution in [0.2, 0.25) is 5.02 Å². The van der Waals surface area contributed by atoms with Gasteiger partial charge in [-0.05, 0) is 36.0 Å². The smallest absolute Gasteiger partial charge is 0.105 e. The molecule has 2 aromatic rings. The van der Waals surface area contributed by atoms with Gasteiger partial charge in [-0.2, -0.15) is 0 Å². The molecule has 0 aliphatic heterocycles. The van der Waals surface area contributed by atoms with Crippen LogP contribution in [0.1, 0.15) is 41.6 Å². The summed E-state index contributed by atoms with van der Waals surface area (Å²) < 4.78 is 0. The Hall–Kier alpha value is -1.31. The second-order valence-electron chi connectivity index (χ2n) is 4.87. The molecule has 0 radical (unpaired) electrons. The molecule has 0 spiro atoms. The van der Waals surface area contributed by atoms with Gasteiger partial charge < -0.3 is 5.11 Å². The monoisotopic (exact) mass is 258 g/mol. The predicted molar refractivity (Wildman–Crippen MR) is 73.9 cm³/mol. The van der Waals surface area contributed by atoms with Crippen molar-refractivity contribution in [1.82, 2.24) is 0 Å². The molecule has 1 saturated carbocycles. The summed E-state index contributed by atoms with van der Waals surface area (Å²) in [5.41, 5.74) is 3.03.